The molecule has 5 heteroatoms. The Hall–Kier alpha value is -3.86. The van der Waals surface area contributed by atoms with E-state index in [4.69, 9.17) is 0 Å². The van der Waals surface area contributed by atoms with Crippen LogP contribution in [-0.4, -0.2) is 9.49 Å². The van der Waals surface area contributed by atoms with Crippen LogP contribution in [0.15, 0.2) is 84.9 Å². The number of hydrogen-bond donors (Lipinski definition) is 1. The van der Waals surface area contributed by atoms with Gasteiger partial charge in [-0.3, -0.25) is 10.1 Å². The lowest BCUT2D eigenvalue weighted by molar-refractivity contribution is -0.383. The van der Waals surface area contributed by atoms with Crippen LogP contribution in [0.1, 0.15) is 5.56 Å². The van der Waals surface area contributed by atoms with Crippen LogP contribution < -0.4 is 5.32 Å². The minimum absolute atomic E-state index is 0.132. The number of aromatic nitrogens is 1. The number of nitro groups is 1. The van der Waals surface area contributed by atoms with Crippen molar-refractivity contribution in [1.82, 2.24) is 4.57 Å². The first-order valence-corrected chi connectivity index (χ1v) is 9.10. The van der Waals surface area contributed by atoms with Gasteiger partial charge in [0.1, 0.15) is 17.1 Å². The van der Waals surface area contributed by atoms with Crippen LogP contribution in [0, 0.1) is 10.1 Å². The normalized spacial score (nSPS) is 12.0. The average molecular weight is 367 g/mol. The topological polar surface area (TPSA) is 60.1 Å². The molecular weight excluding hydrogens is 350 g/mol. The molecule has 5 nitrogen and oxygen atoms in total. The van der Waals surface area contributed by atoms with Crippen molar-refractivity contribution in [2.75, 3.05) is 5.32 Å². The van der Waals surface area contributed by atoms with Crippen LogP contribution >= 0.6 is 0 Å². The monoisotopic (exact) mass is 367 g/mol. The zero-order valence-corrected chi connectivity index (χ0v) is 15.0. The molecule has 5 rings (SSSR count). The van der Waals surface area contributed by atoms with Crippen LogP contribution in [0.2, 0.25) is 0 Å². The Morgan fingerprint density at radius 2 is 1.43 bits per heavy atom. The minimum atomic E-state index is -0.262. The number of fused-ring (bicyclic) bond motifs is 2. The largest absolute Gasteiger partial charge is 0.341 e. The summed E-state index contributed by atoms with van der Waals surface area (Å²) in [6.45, 7) is 0.580. The molecule has 1 aromatic heterocycles. The highest BCUT2D eigenvalue weighted by Gasteiger charge is 2.34. The molecule has 0 saturated heterocycles. The van der Waals surface area contributed by atoms with Crippen LogP contribution in [0.4, 0.5) is 17.2 Å². The van der Waals surface area contributed by atoms with Crippen LogP contribution in [0.3, 0.4) is 0 Å². The van der Waals surface area contributed by atoms with E-state index < -0.39 is 0 Å². The molecule has 3 aromatic carbocycles. The second-order valence-electron chi connectivity index (χ2n) is 6.78. The first kappa shape index (κ1) is 16.3. The Balaban J connectivity index is 1.86. The number of rotatable bonds is 3. The predicted octanol–water partition coefficient (Wildman–Crippen LogP) is 5.84. The first-order chi connectivity index (χ1) is 13.7. The quantitative estimate of drug-likeness (QED) is 0.322. The van der Waals surface area contributed by atoms with Crippen molar-refractivity contribution in [3.63, 3.8) is 0 Å². The van der Waals surface area contributed by atoms with Crippen LogP contribution in [0.25, 0.3) is 22.4 Å². The molecular formula is C23H17N3O2. The first-order valence-electron chi connectivity index (χ1n) is 9.10. The number of para-hydroxylation sites is 1. The third kappa shape index (κ3) is 2.48. The Morgan fingerprint density at radius 1 is 0.821 bits per heavy atom. The molecule has 28 heavy (non-hydrogen) atoms. The maximum absolute atomic E-state index is 12.2. The van der Waals surface area contributed by atoms with Crippen molar-refractivity contribution < 1.29 is 4.92 Å². The van der Waals surface area contributed by atoms with E-state index >= 15 is 0 Å². The highest BCUT2D eigenvalue weighted by molar-refractivity contribution is 5.96. The van der Waals surface area contributed by atoms with Gasteiger partial charge in [-0.2, -0.15) is 0 Å². The summed E-state index contributed by atoms with van der Waals surface area (Å²) >= 11 is 0. The van der Waals surface area contributed by atoms with E-state index in [1.807, 2.05) is 89.5 Å². The SMILES string of the molecule is O=[N+]([O-])c1c(-c2ccccc2)c2n(c1-c1ccccc1)Cc1ccccc1N2. The zero-order valence-electron chi connectivity index (χ0n) is 15.0. The molecule has 0 fully saturated rings. The van der Waals surface area contributed by atoms with Gasteiger partial charge in [-0.1, -0.05) is 78.9 Å². The summed E-state index contributed by atoms with van der Waals surface area (Å²) in [7, 11) is 0. The van der Waals surface area contributed by atoms with Crippen molar-refractivity contribution in [1.29, 1.82) is 0 Å². The lowest BCUT2D eigenvalue weighted by Crippen LogP contribution is -2.13. The van der Waals surface area contributed by atoms with Crippen molar-refractivity contribution in [2.45, 2.75) is 6.54 Å². The molecule has 0 bridgehead atoms. The van der Waals surface area contributed by atoms with Gasteiger partial charge in [-0.05, 0) is 17.2 Å². The van der Waals surface area contributed by atoms with E-state index in [0.29, 0.717) is 17.8 Å². The zero-order chi connectivity index (χ0) is 19.1. The van der Waals surface area contributed by atoms with Crippen LogP contribution in [-0.2, 0) is 6.54 Å². The molecule has 0 unspecified atom stereocenters. The standard InChI is InChI=1S/C23H17N3O2/c27-26(28)22-20(16-9-3-1-4-10-16)23-24-19-14-8-7-13-18(19)15-25(23)21(22)17-11-5-2-6-12-17/h1-14,24H,15H2. The second kappa shape index (κ2) is 6.39. The minimum Gasteiger partial charge on any atom is -0.341 e. The van der Waals surface area contributed by atoms with Gasteiger partial charge < -0.3 is 9.88 Å². The molecule has 1 aliphatic heterocycles. The molecule has 2 heterocycles. The summed E-state index contributed by atoms with van der Waals surface area (Å²) in [6.07, 6.45) is 0. The fourth-order valence-electron chi connectivity index (χ4n) is 3.92. The second-order valence-corrected chi connectivity index (χ2v) is 6.78. The molecule has 0 aliphatic carbocycles. The number of anilines is 2. The van der Waals surface area contributed by atoms with Gasteiger partial charge in [0, 0.05) is 11.3 Å². The lowest BCUT2D eigenvalue weighted by Gasteiger charge is -2.23. The van der Waals surface area contributed by atoms with E-state index in [1.165, 1.54) is 0 Å². The highest BCUT2D eigenvalue weighted by atomic mass is 16.6. The number of nitrogens with one attached hydrogen (secondary N) is 1. The average Bonchev–Trinajstić information content (AvgIpc) is 3.07. The number of hydrogen-bond acceptors (Lipinski definition) is 3. The summed E-state index contributed by atoms with van der Waals surface area (Å²) in [5, 5.41) is 15.7. The lowest BCUT2D eigenvalue weighted by atomic mass is 10.0. The molecule has 136 valence electrons. The summed E-state index contributed by atoms with van der Waals surface area (Å²) < 4.78 is 2.03. The molecule has 0 saturated carbocycles. The van der Waals surface area contributed by atoms with Gasteiger partial charge in [0.15, 0.2) is 0 Å². The summed E-state index contributed by atoms with van der Waals surface area (Å²) in [4.78, 5) is 12.0. The van der Waals surface area contributed by atoms with Crippen molar-refractivity contribution >= 4 is 17.2 Å². The summed E-state index contributed by atoms with van der Waals surface area (Å²) in [6, 6.07) is 27.2. The Morgan fingerprint density at radius 3 is 2.11 bits per heavy atom. The van der Waals surface area contributed by atoms with Crippen LogP contribution in [0.5, 0.6) is 0 Å². The Labute approximate surface area is 162 Å². The molecule has 0 spiro atoms. The summed E-state index contributed by atoms with van der Waals surface area (Å²) in [5.41, 5.74) is 5.13. The van der Waals surface area contributed by atoms with E-state index in [-0.39, 0.29) is 10.6 Å². The van der Waals surface area contributed by atoms with E-state index in [2.05, 4.69) is 5.32 Å². The van der Waals surface area contributed by atoms with Crippen molar-refractivity contribution in [2.24, 2.45) is 0 Å². The van der Waals surface area contributed by atoms with Gasteiger partial charge in [0.2, 0.25) is 0 Å². The predicted molar refractivity (Wildman–Crippen MR) is 111 cm³/mol. The molecule has 0 atom stereocenters. The van der Waals surface area contributed by atoms with E-state index in [9.17, 15) is 10.1 Å². The van der Waals surface area contributed by atoms with Gasteiger partial charge in [0.25, 0.3) is 0 Å². The molecule has 0 radical (unpaired) electrons. The van der Waals surface area contributed by atoms with E-state index in [0.717, 1.165) is 28.2 Å². The Kier molecular flexibility index (Phi) is 3.72. The van der Waals surface area contributed by atoms with Crippen molar-refractivity contribution in [3.8, 4) is 22.4 Å². The third-order valence-electron chi connectivity index (χ3n) is 5.13. The maximum atomic E-state index is 12.2. The molecule has 1 aliphatic rings. The third-order valence-corrected chi connectivity index (χ3v) is 5.13. The number of benzene rings is 3. The van der Waals surface area contributed by atoms with E-state index in [1.54, 1.807) is 0 Å². The molecule has 0 amide bonds. The van der Waals surface area contributed by atoms with Gasteiger partial charge in [-0.25, -0.2) is 0 Å². The smallest absolute Gasteiger partial charge is 0.304 e. The van der Waals surface area contributed by atoms with Gasteiger partial charge in [-0.15, -0.1) is 0 Å². The molecule has 1 N–H and O–H groups in total. The fraction of sp³-hybridized carbons (Fsp3) is 0.0435. The van der Waals surface area contributed by atoms with Crippen molar-refractivity contribution in [3.05, 3.63) is 101 Å². The highest BCUT2D eigenvalue weighted by Crippen LogP contribution is 2.49. The Bertz CT molecular complexity index is 1100. The summed E-state index contributed by atoms with van der Waals surface area (Å²) in [5.74, 6) is 0.760. The number of nitrogens with zero attached hydrogens (tertiary/aromatic N) is 2. The fourth-order valence-corrected chi connectivity index (χ4v) is 3.92. The van der Waals surface area contributed by atoms with Gasteiger partial charge in [0.05, 0.1) is 11.5 Å². The van der Waals surface area contributed by atoms with Gasteiger partial charge >= 0.3 is 5.69 Å². The maximum Gasteiger partial charge on any atom is 0.304 e. The molecule has 4 aromatic rings.